The molecular weight excluding hydrogens is 186 g/mol. The number of ether oxygens (including phenoxy) is 1. The van der Waals surface area contributed by atoms with E-state index in [2.05, 4.69) is 30.4 Å². The summed E-state index contributed by atoms with van der Waals surface area (Å²) in [7, 11) is 3.76. The smallest absolute Gasteiger partial charge is 0.119 e. The summed E-state index contributed by atoms with van der Waals surface area (Å²) in [6.07, 6.45) is 2.49. The standard InChI is InChI=1S/C13H19NO/c1-9-4-7-13(14-2)11-6-5-10(15-3)8-12(9)11/h5-6,8-9,13-14H,4,7H2,1-3H3. The van der Waals surface area contributed by atoms with E-state index in [-0.39, 0.29) is 0 Å². The Morgan fingerprint density at radius 2 is 2.07 bits per heavy atom. The van der Waals surface area contributed by atoms with E-state index in [0.717, 1.165) is 5.75 Å². The molecule has 0 heterocycles. The SMILES string of the molecule is CNC1CCC(C)c2cc(OC)ccc21. The van der Waals surface area contributed by atoms with Gasteiger partial charge in [-0.3, -0.25) is 0 Å². The first-order valence-corrected chi connectivity index (χ1v) is 5.61. The Hall–Kier alpha value is -1.02. The van der Waals surface area contributed by atoms with Crippen molar-refractivity contribution in [3.8, 4) is 5.75 Å². The highest BCUT2D eigenvalue weighted by atomic mass is 16.5. The zero-order valence-electron chi connectivity index (χ0n) is 9.71. The summed E-state index contributed by atoms with van der Waals surface area (Å²) in [5.41, 5.74) is 2.89. The van der Waals surface area contributed by atoms with Crippen molar-refractivity contribution in [2.75, 3.05) is 14.2 Å². The lowest BCUT2D eigenvalue weighted by atomic mass is 9.81. The molecule has 0 saturated carbocycles. The highest BCUT2D eigenvalue weighted by Crippen LogP contribution is 2.38. The Morgan fingerprint density at radius 3 is 2.73 bits per heavy atom. The van der Waals surface area contributed by atoms with Crippen LogP contribution in [0.3, 0.4) is 0 Å². The van der Waals surface area contributed by atoms with Gasteiger partial charge in [0.2, 0.25) is 0 Å². The van der Waals surface area contributed by atoms with E-state index in [9.17, 15) is 0 Å². The van der Waals surface area contributed by atoms with Gasteiger partial charge in [-0.05, 0) is 49.1 Å². The number of nitrogens with one attached hydrogen (secondary N) is 1. The zero-order valence-corrected chi connectivity index (χ0v) is 9.71. The molecule has 0 amide bonds. The highest BCUT2D eigenvalue weighted by Gasteiger charge is 2.23. The molecule has 1 aromatic carbocycles. The summed E-state index contributed by atoms with van der Waals surface area (Å²) in [6, 6.07) is 6.96. The van der Waals surface area contributed by atoms with Crippen molar-refractivity contribution in [1.82, 2.24) is 5.32 Å². The van der Waals surface area contributed by atoms with Gasteiger partial charge in [-0.1, -0.05) is 13.0 Å². The Balaban J connectivity index is 2.42. The van der Waals surface area contributed by atoms with Gasteiger partial charge >= 0.3 is 0 Å². The second-order valence-electron chi connectivity index (χ2n) is 4.31. The summed E-state index contributed by atoms with van der Waals surface area (Å²) >= 11 is 0. The molecule has 1 aliphatic rings. The van der Waals surface area contributed by atoms with Gasteiger partial charge in [0.1, 0.15) is 5.75 Å². The van der Waals surface area contributed by atoms with Crippen molar-refractivity contribution in [2.24, 2.45) is 0 Å². The Labute approximate surface area is 91.6 Å². The van der Waals surface area contributed by atoms with Crippen LogP contribution in [0.4, 0.5) is 0 Å². The third-order valence-corrected chi connectivity index (χ3v) is 3.44. The average molecular weight is 205 g/mol. The third-order valence-electron chi connectivity index (χ3n) is 3.44. The van der Waals surface area contributed by atoms with Crippen molar-refractivity contribution < 1.29 is 4.74 Å². The second-order valence-corrected chi connectivity index (χ2v) is 4.31. The molecule has 1 N–H and O–H groups in total. The maximum atomic E-state index is 5.28. The van der Waals surface area contributed by atoms with E-state index < -0.39 is 0 Å². The van der Waals surface area contributed by atoms with Crippen molar-refractivity contribution >= 4 is 0 Å². The molecule has 0 fully saturated rings. The van der Waals surface area contributed by atoms with E-state index in [0.29, 0.717) is 12.0 Å². The summed E-state index contributed by atoms with van der Waals surface area (Å²) < 4.78 is 5.28. The van der Waals surface area contributed by atoms with Crippen LogP contribution in [0, 0.1) is 0 Å². The van der Waals surface area contributed by atoms with Crippen LogP contribution in [-0.2, 0) is 0 Å². The van der Waals surface area contributed by atoms with Gasteiger partial charge < -0.3 is 10.1 Å². The third kappa shape index (κ3) is 1.86. The number of rotatable bonds is 2. The summed E-state index contributed by atoms with van der Waals surface area (Å²) in [5.74, 6) is 1.62. The molecular formula is C13H19NO. The fraction of sp³-hybridized carbons (Fsp3) is 0.538. The van der Waals surface area contributed by atoms with E-state index >= 15 is 0 Å². The number of hydrogen-bond donors (Lipinski definition) is 1. The van der Waals surface area contributed by atoms with Crippen LogP contribution in [-0.4, -0.2) is 14.2 Å². The van der Waals surface area contributed by atoms with Crippen LogP contribution in [0.1, 0.15) is 42.9 Å². The first-order chi connectivity index (χ1) is 7.26. The molecule has 15 heavy (non-hydrogen) atoms. The molecule has 0 bridgehead atoms. The molecule has 0 aliphatic heterocycles. The average Bonchev–Trinajstić information content (AvgIpc) is 2.29. The predicted octanol–water partition coefficient (Wildman–Crippen LogP) is 2.85. The van der Waals surface area contributed by atoms with Crippen LogP contribution in [0.25, 0.3) is 0 Å². The molecule has 2 heteroatoms. The van der Waals surface area contributed by atoms with Crippen LogP contribution in [0.2, 0.25) is 0 Å². The molecule has 1 aliphatic carbocycles. The molecule has 82 valence electrons. The monoisotopic (exact) mass is 205 g/mol. The Morgan fingerprint density at radius 1 is 1.27 bits per heavy atom. The van der Waals surface area contributed by atoms with Gasteiger partial charge in [0.15, 0.2) is 0 Å². The Bertz CT molecular complexity index is 348. The van der Waals surface area contributed by atoms with E-state index in [1.54, 1.807) is 7.11 Å². The number of methoxy groups -OCH3 is 1. The van der Waals surface area contributed by atoms with E-state index in [1.807, 2.05) is 7.05 Å². The number of benzene rings is 1. The van der Waals surface area contributed by atoms with Crippen LogP contribution < -0.4 is 10.1 Å². The summed E-state index contributed by atoms with van der Waals surface area (Å²) in [4.78, 5) is 0. The van der Waals surface area contributed by atoms with Crippen LogP contribution >= 0.6 is 0 Å². The van der Waals surface area contributed by atoms with Crippen molar-refractivity contribution in [3.63, 3.8) is 0 Å². The molecule has 0 aromatic heterocycles. The molecule has 2 rings (SSSR count). The van der Waals surface area contributed by atoms with E-state index in [1.165, 1.54) is 24.0 Å². The molecule has 2 nitrogen and oxygen atoms in total. The maximum Gasteiger partial charge on any atom is 0.119 e. The van der Waals surface area contributed by atoms with Gasteiger partial charge in [0.25, 0.3) is 0 Å². The topological polar surface area (TPSA) is 21.3 Å². The molecule has 0 radical (unpaired) electrons. The molecule has 2 atom stereocenters. The quantitative estimate of drug-likeness (QED) is 0.801. The second kappa shape index (κ2) is 4.23. The predicted molar refractivity (Wildman–Crippen MR) is 62.4 cm³/mol. The number of fused-ring (bicyclic) bond motifs is 1. The lowest BCUT2D eigenvalue weighted by molar-refractivity contribution is 0.409. The lowest BCUT2D eigenvalue weighted by Gasteiger charge is -2.29. The van der Waals surface area contributed by atoms with Crippen molar-refractivity contribution in [2.45, 2.75) is 31.7 Å². The van der Waals surface area contributed by atoms with Gasteiger partial charge in [-0.15, -0.1) is 0 Å². The molecule has 0 saturated heterocycles. The minimum atomic E-state index is 0.516. The largest absolute Gasteiger partial charge is 0.497 e. The first kappa shape index (κ1) is 10.5. The lowest BCUT2D eigenvalue weighted by Crippen LogP contribution is -2.22. The normalized spacial score (nSPS) is 24.7. The molecule has 2 unspecified atom stereocenters. The van der Waals surface area contributed by atoms with Gasteiger partial charge in [-0.25, -0.2) is 0 Å². The van der Waals surface area contributed by atoms with Gasteiger partial charge in [0.05, 0.1) is 7.11 Å². The molecule has 0 spiro atoms. The van der Waals surface area contributed by atoms with Crippen molar-refractivity contribution in [1.29, 1.82) is 0 Å². The fourth-order valence-electron chi connectivity index (χ4n) is 2.45. The molecule has 1 aromatic rings. The highest BCUT2D eigenvalue weighted by molar-refractivity contribution is 5.41. The summed E-state index contributed by atoms with van der Waals surface area (Å²) in [6.45, 7) is 2.30. The zero-order chi connectivity index (χ0) is 10.8. The van der Waals surface area contributed by atoms with Crippen LogP contribution in [0.5, 0.6) is 5.75 Å². The van der Waals surface area contributed by atoms with Gasteiger partial charge in [-0.2, -0.15) is 0 Å². The first-order valence-electron chi connectivity index (χ1n) is 5.61. The van der Waals surface area contributed by atoms with E-state index in [4.69, 9.17) is 4.74 Å². The number of hydrogen-bond acceptors (Lipinski definition) is 2. The maximum absolute atomic E-state index is 5.28. The minimum Gasteiger partial charge on any atom is -0.497 e. The fourth-order valence-corrected chi connectivity index (χ4v) is 2.45. The minimum absolute atomic E-state index is 0.516. The Kier molecular flexibility index (Phi) is 2.96. The van der Waals surface area contributed by atoms with Crippen molar-refractivity contribution in [3.05, 3.63) is 29.3 Å². The van der Waals surface area contributed by atoms with Crippen LogP contribution in [0.15, 0.2) is 18.2 Å². The van der Waals surface area contributed by atoms with Gasteiger partial charge in [0, 0.05) is 6.04 Å². The summed E-state index contributed by atoms with van der Waals surface area (Å²) in [5, 5.41) is 3.38.